The average molecular weight is 556 g/mol. The minimum Gasteiger partial charge on any atom is -0.455 e. The summed E-state index contributed by atoms with van der Waals surface area (Å²) >= 11 is 17.5. The number of nitrogens with zero attached hydrogens (tertiary/aromatic N) is 3. The van der Waals surface area contributed by atoms with Crippen molar-refractivity contribution < 1.29 is 32.0 Å². The molecule has 0 bridgehead atoms. The van der Waals surface area contributed by atoms with Gasteiger partial charge in [0.1, 0.15) is 28.9 Å². The van der Waals surface area contributed by atoms with Crippen molar-refractivity contribution in [1.82, 2.24) is 9.78 Å². The Hall–Kier alpha value is -3.09. The Morgan fingerprint density at radius 2 is 1.80 bits per heavy atom. The number of benzene rings is 2. The number of carbonyl (C=O) groups excluding carboxylic acids is 1. The molecule has 1 amide bonds. The van der Waals surface area contributed by atoms with Gasteiger partial charge in [-0.15, -0.1) is 0 Å². The van der Waals surface area contributed by atoms with Crippen molar-refractivity contribution in [2.24, 2.45) is 0 Å². The number of ether oxygens (including phenoxy) is 1. The molecule has 1 heterocycles. The van der Waals surface area contributed by atoms with Crippen LogP contribution in [0.2, 0.25) is 15.1 Å². The Balaban J connectivity index is 1.92. The van der Waals surface area contributed by atoms with Crippen LogP contribution in [0.4, 0.5) is 28.9 Å². The number of aromatic nitrogens is 2. The summed E-state index contributed by atoms with van der Waals surface area (Å²) in [6.07, 6.45) is -6.56. The van der Waals surface area contributed by atoms with E-state index >= 15 is 0 Å². The van der Waals surface area contributed by atoms with Gasteiger partial charge < -0.3 is 10.1 Å². The molecular formula is C20H13Cl3F4N4O4. The van der Waals surface area contributed by atoms with Gasteiger partial charge in [-0.25, -0.2) is 22.2 Å². The first kappa shape index (κ1) is 26.5. The number of hydrogen-bond acceptors (Lipinski definition) is 5. The molecule has 0 spiro atoms. The molecule has 1 aromatic heterocycles. The van der Waals surface area contributed by atoms with Crippen LogP contribution in [0.5, 0.6) is 11.5 Å². The first-order valence-corrected chi connectivity index (χ1v) is 10.6. The van der Waals surface area contributed by atoms with Gasteiger partial charge in [0.05, 0.1) is 26.7 Å². The van der Waals surface area contributed by atoms with Gasteiger partial charge in [0.15, 0.2) is 0 Å². The van der Waals surface area contributed by atoms with E-state index in [0.29, 0.717) is 9.70 Å². The summed E-state index contributed by atoms with van der Waals surface area (Å²) in [5.74, 6) is -0.987. The van der Waals surface area contributed by atoms with E-state index in [-0.39, 0.29) is 22.2 Å². The molecule has 8 nitrogen and oxygen atoms in total. The molecule has 186 valence electrons. The fraction of sp³-hybridized carbons (Fsp3) is 0.200. The highest BCUT2D eigenvalue weighted by Crippen LogP contribution is 2.37. The zero-order chi connectivity index (χ0) is 26.0. The van der Waals surface area contributed by atoms with E-state index in [4.69, 9.17) is 39.5 Å². The van der Waals surface area contributed by atoms with Crippen LogP contribution in [0, 0.1) is 10.1 Å². The van der Waals surface area contributed by atoms with E-state index in [1.165, 1.54) is 24.3 Å². The number of hydrogen-bond donors (Lipinski definition) is 1. The minimum atomic E-state index is -3.31. The molecule has 0 radical (unpaired) electrons. The van der Waals surface area contributed by atoms with Crippen LogP contribution in [0.3, 0.4) is 0 Å². The van der Waals surface area contributed by atoms with Crippen molar-refractivity contribution in [2.45, 2.75) is 25.8 Å². The largest absolute Gasteiger partial charge is 0.455 e. The predicted octanol–water partition coefficient (Wildman–Crippen LogP) is 7.62. The number of rotatable bonds is 8. The van der Waals surface area contributed by atoms with E-state index in [0.717, 1.165) is 19.1 Å². The summed E-state index contributed by atoms with van der Waals surface area (Å²) < 4.78 is 59.0. The van der Waals surface area contributed by atoms with Crippen LogP contribution in [0.1, 0.15) is 37.2 Å². The van der Waals surface area contributed by atoms with Crippen molar-refractivity contribution in [3.8, 4) is 11.5 Å². The molecule has 3 aromatic rings. The van der Waals surface area contributed by atoms with Crippen LogP contribution < -0.4 is 10.1 Å². The van der Waals surface area contributed by atoms with Crippen molar-refractivity contribution in [3.63, 3.8) is 0 Å². The number of nitro benzene ring substituents is 1. The van der Waals surface area contributed by atoms with Crippen molar-refractivity contribution in [1.29, 1.82) is 0 Å². The third kappa shape index (κ3) is 5.95. The van der Waals surface area contributed by atoms with Crippen LogP contribution in [-0.4, -0.2) is 20.6 Å². The van der Waals surface area contributed by atoms with Gasteiger partial charge in [0.2, 0.25) is 5.91 Å². The van der Waals surface area contributed by atoms with Gasteiger partial charge in [0.25, 0.3) is 18.5 Å². The zero-order valence-electron chi connectivity index (χ0n) is 17.3. The summed E-state index contributed by atoms with van der Waals surface area (Å²) in [6, 6.07) is 5.96. The second kappa shape index (κ2) is 10.7. The average Bonchev–Trinajstić information content (AvgIpc) is 3.12. The zero-order valence-corrected chi connectivity index (χ0v) is 19.6. The third-order valence-corrected chi connectivity index (χ3v) is 5.48. The van der Waals surface area contributed by atoms with Gasteiger partial charge in [0, 0.05) is 17.2 Å². The van der Waals surface area contributed by atoms with Gasteiger partial charge in [-0.05, 0) is 25.1 Å². The van der Waals surface area contributed by atoms with Crippen molar-refractivity contribution in [2.75, 3.05) is 5.32 Å². The van der Waals surface area contributed by atoms with E-state index in [2.05, 4.69) is 10.4 Å². The molecular weight excluding hydrogens is 543 g/mol. The van der Waals surface area contributed by atoms with Gasteiger partial charge in [-0.2, -0.15) is 5.10 Å². The van der Waals surface area contributed by atoms with Crippen molar-refractivity contribution in [3.05, 3.63) is 73.0 Å². The van der Waals surface area contributed by atoms with E-state index < -0.39 is 51.8 Å². The predicted molar refractivity (Wildman–Crippen MR) is 120 cm³/mol. The van der Waals surface area contributed by atoms with E-state index in [1.807, 2.05) is 0 Å². The molecule has 0 fully saturated rings. The van der Waals surface area contributed by atoms with Gasteiger partial charge in [-0.3, -0.25) is 14.9 Å². The topological polar surface area (TPSA) is 99.3 Å². The number of anilines is 1. The summed E-state index contributed by atoms with van der Waals surface area (Å²) in [5, 5.41) is 16.5. The van der Waals surface area contributed by atoms with Gasteiger partial charge >= 0.3 is 0 Å². The van der Waals surface area contributed by atoms with Crippen LogP contribution in [-0.2, 0) is 4.79 Å². The van der Waals surface area contributed by atoms with E-state index in [9.17, 15) is 32.5 Å². The second-order valence-corrected chi connectivity index (χ2v) is 8.17. The smallest absolute Gasteiger partial charge is 0.283 e. The second-order valence-electron chi connectivity index (χ2n) is 6.95. The first-order valence-electron chi connectivity index (χ1n) is 9.46. The number of amides is 1. The van der Waals surface area contributed by atoms with Crippen LogP contribution in [0.25, 0.3) is 0 Å². The molecule has 1 atom stereocenters. The summed E-state index contributed by atoms with van der Waals surface area (Å²) in [4.78, 5) is 23.3. The fourth-order valence-corrected chi connectivity index (χ4v) is 3.68. The molecule has 0 aliphatic heterocycles. The highest BCUT2D eigenvalue weighted by molar-refractivity contribution is 6.35. The Bertz CT molecular complexity index is 1290. The normalized spacial score (nSPS) is 12.2. The Morgan fingerprint density at radius 3 is 2.37 bits per heavy atom. The molecule has 0 saturated carbocycles. The number of halogens is 7. The van der Waals surface area contributed by atoms with Crippen LogP contribution >= 0.6 is 34.8 Å². The lowest BCUT2D eigenvalue weighted by molar-refractivity contribution is -0.384. The number of non-ortho nitro benzene ring substituents is 1. The fourth-order valence-electron chi connectivity index (χ4n) is 2.94. The SMILES string of the molecule is CC(C(=O)Nc1cc(Oc2ccc(Cl)cc2Cl)cc([N+](=O)[O-])c1)n1nc(C(F)F)c(Cl)c1C(F)F. The maximum absolute atomic E-state index is 13.4. The molecule has 3 rings (SSSR count). The standard InChI is InChI=1S/C20H13Cl3F4N4O4/c1-8(30-17(19(26)27)15(23)16(29-30)18(24)25)20(32)28-10-5-11(31(33)34)7-12(6-10)35-14-3-2-9(21)4-13(14)22/h2-8,18-19H,1H3,(H,28,32). The monoisotopic (exact) mass is 554 g/mol. The quantitative estimate of drug-likeness (QED) is 0.175. The lowest BCUT2D eigenvalue weighted by atomic mass is 10.2. The number of nitrogens with one attached hydrogen (secondary N) is 1. The molecule has 2 aromatic carbocycles. The Kier molecular flexibility index (Phi) is 8.08. The maximum Gasteiger partial charge on any atom is 0.283 e. The summed E-state index contributed by atoms with van der Waals surface area (Å²) in [7, 11) is 0. The Morgan fingerprint density at radius 1 is 1.11 bits per heavy atom. The molecule has 15 heteroatoms. The highest BCUT2D eigenvalue weighted by atomic mass is 35.5. The molecule has 0 aliphatic carbocycles. The Labute approximate surface area is 209 Å². The molecule has 0 aliphatic rings. The highest BCUT2D eigenvalue weighted by Gasteiger charge is 2.32. The third-order valence-electron chi connectivity index (χ3n) is 4.56. The number of alkyl halides is 4. The molecule has 0 saturated heterocycles. The molecule has 35 heavy (non-hydrogen) atoms. The van der Waals surface area contributed by atoms with Gasteiger partial charge in [-0.1, -0.05) is 34.8 Å². The van der Waals surface area contributed by atoms with Crippen LogP contribution in [0.15, 0.2) is 36.4 Å². The molecule has 1 N–H and O–H groups in total. The lowest BCUT2D eigenvalue weighted by Gasteiger charge is -2.16. The van der Waals surface area contributed by atoms with E-state index in [1.54, 1.807) is 0 Å². The number of nitro groups is 1. The first-order chi connectivity index (χ1) is 16.4. The summed E-state index contributed by atoms with van der Waals surface area (Å²) in [6.45, 7) is 1.11. The lowest BCUT2D eigenvalue weighted by Crippen LogP contribution is -2.26. The number of carbonyl (C=O) groups is 1. The van der Waals surface area contributed by atoms with Crippen molar-refractivity contribution >= 4 is 52.1 Å². The molecule has 1 unspecified atom stereocenters. The summed E-state index contributed by atoms with van der Waals surface area (Å²) in [5.41, 5.74) is -2.80. The maximum atomic E-state index is 13.4. The minimum absolute atomic E-state index is 0.0956.